The van der Waals surface area contributed by atoms with E-state index in [4.69, 9.17) is 64.1 Å². The molecule has 1 aromatic carbocycles. The molecule has 10 rings (SSSR count). The number of aromatic nitrogens is 3. The number of carboxylic acid groups (broad SMARTS) is 1. The van der Waals surface area contributed by atoms with Crippen LogP contribution in [-0.2, 0) is 57.0 Å². The number of nitrogens with zero attached hydrogens (tertiary/aromatic N) is 4. The quantitative estimate of drug-likeness (QED) is 0.0525. The average Bonchev–Trinajstić information content (AvgIpc) is 1.51. The van der Waals surface area contributed by atoms with Crippen molar-refractivity contribution in [3.8, 4) is 5.69 Å². The van der Waals surface area contributed by atoms with Gasteiger partial charge in [-0.1, -0.05) is 100 Å². The summed E-state index contributed by atoms with van der Waals surface area (Å²) in [4.78, 5) is 42.5. The van der Waals surface area contributed by atoms with Crippen LogP contribution >= 0.6 is 23.4 Å². The normalized spacial score (nSPS) is 35.1. The molecule has 98 heavy (non-hydrogen) atoms. The molecule has 3 aromatic rings. The fourth-order valence-corrected chi connectivity index (χ4v) is 14.9. The number of fused-ring (bicyclic) bond motifs is 2. The number of amides is 1. The summed E-state index contributed by atoms with van der Waals surface area (Å²) in [7, 11) is 5.30. The lowest BCUT2D eigenvalue weighted by molar-refractivity contribution is -0.312. The van der Waals surface area contributed by atoms with E-state index in [-0.39, 0.29) is 90.3 Å². The number of pyridine rings is 1. The number of nitrogens with one attached hydrogen (secondary N) is 1. The van der Waals surface area contributed by atoms with Crippen LogP contribution in [0.1, 0.15) is 124 Å². The summed E-state index contributed by atoms with van der Waals surface area (Å²) < 4.78 is 102. The number of ether oxygens (including phenoxy) is 10. The highest BCUT2D eigenvalue weighted by atomic mass is 35.5. The molecule has 8 heterocycles. The Balaban J connectivity index is 0.000000286. The lowest BCUT2D eigenvalue weighted by atomic mass is 9.71. The Morgan fingerprint density at radius 1 is 0.929 bits per heavy atom. The molecule has 26 heteroatoms. The molecule has 1 unspecified atom stereocenters. The third-order valence-electron chi connectivity index (χ3n) is 19.4. The maximum Gasteiger partial charge on any atom is 0.389 e. The number of aliphatic hydroxyl groups excluding tert-OH is 1. The van der Waals surface area contributed by atoms with Crippen LogP contribution in [-0.4, -0.2) is 197 Å². The van der Waals surface area contributed by atoms with Crippen LogP contribution in [0.25, 0.3) is 5.69 Å². The van der Waals surface area contributed by atoms with E-state index in [0.29, 0.717) is 72.5 Å². The molecule has 1 aliphatic carbocycles. The number of esters is 1. The fraction of sp³-hybridized carbons (Fsp3) is 0.625. The van der Waals surface area contributed by atoms with E-state index < -0.39 is 84.9 Å². The highest BCUT2D eigenvalue weighted by Crippen LogP contribution is 2.47. The molecule has 2 bridgehead atoms. The number of carbonyl (C=O) groups is 3. The summed E-state index contributed by atoms with van der Waals surface area (Å²) in [6, 6.07) is 11.9. The van der Waals surface area contributed by atoms with Gasteiger partial charge in [0, 0.05) is 82.4 Å². The van der Waals surface area contributed by atoms with Gasteiger partial charge in [-0.15, -0.1) is 0 Å². The van der Waals surface area contributed by atoms with Crippen molar-refractivity contribution < 1.29 is 90.2 Å². The summed E-state index contributed by atoms with van der Waals surface area (Å²) >= 11 is 7.28. The van der Waals surface area contributed by atoms with E-state index >= 15 is 0 Å². The first-order valence-corrected chi connectivity index (χ1v) is 35.4. The molecule has 0 saturated carbocycles. The minimum Gasteiger partial charge on any atom is -0.478 e. The molecule has 7 aliphatic rings. The first-order chi connectivity index (χ1) is 46.7. The molecule has 0 radical (unpaired) electrons. The van der Waals surface area contributed by atoms with Crippen LogP contribution in [0.5, 0.6) is 0 Å². The number of carbonyl (C=O) groups excluding carboxylic acids is 2. The van der Waals surface area contributed by atoms with Gasteiger partial charge in [0.15, 0.2) is 23.5 Å². The number of rotatable bonds is 18. The van der Waals surface area contributed by atoms with Crippen molar-refractivity contribution in [3.05, 3.63) is 131 Å². The predicted octanol–water partition coefficient (Wildman–Crippen LogP) is 11.3. The molecule has 6 aliphatic heterocycles. The minimum absolute atomic E-state index is 0.0411. The zero-order valence-corrected chi connectivity index (χ0v) is 59.6. The van der Waals surface area contributed by atoms with Crippen molar-refractivity contribution >= 4 is 46.9 Å². The lowest BCUT2D eigenvalue weighted by Gasteiger charge is -2.48. The molecule has 4 saturated heterocycles. The third kappa shape index (κ3) is 19.6. The summed E-state index contributed by atoms with van der Waals surface area (Å²) in [5, 5.41) is 39.8. The molecule has 21 nitrogen and oxygen atoms in total. The van der Waals surface area contributed by atoms with E-state index in [2.05, 4.69) is 62.2 Å². The van der Waals surface area contributed by atoms with Gasteiger partial charge in [-0.05, 0) is 101 Å². The number of methoxy groups -OCH3 is 2. The molecule has 4 fully saturated rings. The first-order valence-electron chi connectivity index (χ1n) is 33.9. The van der Waals surface area contributed by atoms with Crippen LogP contribution in [0, 0.1) is 23.7 Å². The van der Waals surface area contributed by atoms with Gasteiger partial charge in [-0.3, -0.25) is 14.6 Å². The van der Waals surface area contributed by atoms with Crippen molar-refractivity contribution in [3.63, 3.8) is 0 Å². The van der Waals surface area contributed by atoms with Crippen molar-refractivity contribution in [1.82, 2.24) is 20.1 Å². The predicted molar refractivity (Wildman–Crippen MR) is 365 cm³/mol. The summed E-state index contributed by atoms with van der Waals surface area (Å²) in [5.74, 6) is -3.33. The van der Waals surface area contributed by atoms with E-state index in [1.165, 1.54) is 9.58 Å². The Hall–Kier alpha value is -5.36. The average molecular weight is 1420 g/mol. The number of hydrogen-bond acceptors (Lipinski definition) is 19. The topological polar surface area (TPSA) is 250 Å². The molecule has 2 aromatic heterocycles. The zero-order valence-electron chi connectivity index (χ0n) is 58.1. The molecular formula is C72H99ClF3N5O16S. The second-order valence-corrected chi connectivity index (χ2v) is 27.9. The zero-order chi connectivity index (χ0) is 71.2. The second kappa shape index (κ2) is 35.5. The van der Waals surface area contributed by atoms with Gasteiger partial charge in [0.05, 0.1) is 85.4 Å². The number of anilines is 1. The summed E-state index contributed by atoms with van der Waals surface area (Å²) in [6.45, 7) is 18.6. The van der Waals surface area contributed by atoms with Gasteiger partial charge in [0.25, 0.3) is 0 Å². The Morgan fingerprint density at radius 2 is 1.64 bits per heavy atom. The smallest absolute Gasteiger partial charge is 0.389 e. The van der Waals surface area contributed by atoms with Crippen LogP contribution in [0.3, 0.4) is 0 Å². The van der Waals surface area contributed by atoms with Crippen molar-refractivity contribution in [1.29, 1.82) is 0 Å². The Morgan fingerprint density at radius 3 is 2.30 bits per heavy atom. The highest BCUT2D eigenvalue weighted by molar-refractivity contribution is 7.99. The lowest BCUT2D eigenvalue weighted by Crippen LogP contribution is -2.58. The maximum absolute atomic E-state index is 14.4. The standard InChI is InChI=1S/C49H75NO13.C16H18ClF3N4OS.C7H6O2/c1-12-26(2)44-29(5)18-19-48(63-44)24-35-21-34(62-48)17-16-28(4)43(27(3)14-13-15-33-25-56-46-42(51)30(6)20-36(47(52)59-35)49(33,46)53)60-40-23-38(55-11)45(32(8)58-40)61-39-22-37(54-10)41(50-9)31(7)57-39;1-2-23(14(25)5-8-26-9-6-16(18,19)20)13-11-24(22-15(13)17)12-4-3-7-21-10-12;8-7(9)6-4-2-1-3-5-6/h13-16,18-20,26-27,29,31-32,34-46,50-51,53H,12,17,21-25H2,1-11H3;3-4,7,10-11H,2,5-6,8-9H2,1H3;1-5H,(H,8,9)/b14-13+,28-16+,33-15+;;/t26?,27-,29-,31-,32-,34+,35-,36-,37-,38-,39-,40-,41+,42+,43-,44+,45-,46+,48+,49+;;/m0../s1. The Labute approximate surface area is 582 Å². The van der Waals surface area contributed by atoms with Gasteiger partial charge in [0.1, 0.15) is 41.6 Å². The van der Waals surface area contributed by atoms with Crippen LogP contribution < -0.4 is 10.2 Å². The Kier molecular flexibility index (Phi) is 28.4. The number of allylic oxidation sites excluding steroid dienone is 2. The molecule has 1 amide bonds. The minimum atomic E-state index is -4.17. The molecule has 20 atom stereocenters. The van der Waals surface area contributed by atoms with Crippen LogP contribution in [0.4, 0.5) is 18.9 Å². The van der Waals surface area contributed by atoms with E-state index in [1.807, 2.05) is 39.1 Å². The molecular weight excluding hydrogens is 1320 g/mol. The largest absolute Gasteiger partial charge is 0.478 e. The summed E-state index contributed by atoms with van der Waals surface area (Å²) in [5.41, 5.74) is 1.67. The number of hydrogen-bond donors (Lipinski definition) is 4. The van der Waals surface area contributed by atoms with Gasteiger partial charge in [0.2, 0.25) is 5.91 Å². The number of halogens is 4. The third-order valence-corrected chi connectivity index (χ3v) is 20.6. The number of alkyl halides is 3. The number of benzene rings is 1. The van der Waals surface area contributed by atoms with E-state index in [0.717, 1.165) is 23.8 Å². The fourth-order valence-electron chi connectivity index (χ4n) is 13.8. The van der Waals surface area contributed by atoms with Crippen LogP contribution in [0.2, 0.25) is 5.15 Å². The number of thioether (sulfide) groups is 1. The monoisotopic (exact) mass is 1410 g/mol. The summed E-state index contributed by atoms with van der Waals surface area (Å²) in [6.07, 6.45) is 10.7. The molecule has 4 N–H and O–H groups in total. The number of aromatic carboxylic acids is 1. The van der Waals surface area contributed by atoms with Gasteiger partial charge < -0.3 is 72.9 Å². The van der Waals surface area contributed by atoms with Gasteiger partial charge in [-0.2, -0.15) is 30.0 Å². The van der Waals surface area contributed by atoms with Crippen molar-refractivity contribution in [2.45, 2.75) is 217 Å². The number of aliphatic hydroxyl groups is 2. The molecule has 542 valence electrons. The van der Waals surface area contributed by atoms with E-state index in [9.17, 15) is 37.8 Å². The SMILES string of the molecule is CCC(C)[C@H]1O[C@]2(C=C[C@@H]1C)C[C@@H]1C[C@@H](C/C=C(\C)[C@@H](O[C@H]3C[C@H](OC)[C@@H](O[C@H]4C[C@H](OC)[C@H](NC)[C@H](C)O4)[C@H](C)O3)[C@@H](C)/C=C/C=C3\CO[C@@H]4[C@H](O)C(C)=C[C@@H](C(=O)O1)[C@]34O)O2.CCN(C(=O)CCSCCC(F)(F)F)c1cn(-c2cccnc2)nc1Cl.O=C(O)c1ccccc1. The molecule has 1 spiro atoms. The maximum atomic E-state index is 14.4. The highest BCUT2D eigenvalue weighted by Gasteiger charge is 2.60. The number of carboxylic acids is 1. The van der Waals surface area contributed by atoms with Crippen molar-refractivity contribution in [2.75, 3.05) is 50.8 Å². The van der Waals surface area contributed by atoms with E-state index in [1.54, 1.807) is 101 Å². The Bertz CT molecular complexity index is 3250. The number of likely N-dealkylation sites (N-methyl/N-ethyl adjacent to an activating group) is 1. The first kappa shape index (κ1) is 78.4. The van der Waals surface area contributed by atoms with Gasteiger partial charge in [-0.25, -0.2) is 9.48 Å². The van der Waals surface area contributed by atoms with Crippen molar-refractivity contribution in [2.24, 2.45) is 23.7 Å². The van der Waals surface area contributed by atoms with Gasteiger partial charge >= 0.3 is 18.1 Å². The van der Waals surface area contributed by atoms with Crippen LogP contribution in [0.15, 0.2) is 120 Å². The second-order valence-electron chi connectivity index (χ2n) is 26.3.